The van der Waals surface area contributed by atoms with Crippen molar-refractivity contribution in [3.63, 3.8) is 0 Å². The van der Waals surface area contributed by atoms with Crippen LogP contribution in [0.15, 0.2) is 18.2 Å². The normalized spacial score (nSPS) is 16.4. The zero-order valence-electron chi connectivity index (χ0n) is 9.63. The van der Waals surface area contributed by atoms with Crippen molar-refractivity contribution in [2.75, 3.05) is 19.0 Å². The molecular formula is C12H15ClN2O2. The molecule has 0 bridgehead atoms. The molecule has 5 heteroatoms. The lowest BCUT2D eigenvalue weighted by atomic mass is 10.1. The number of rotatable bonds is 4. The van der Waals surface area contributed by atoms with Crippen LogP contribution in [0.3, 0.4) is 0 Å². The fourth-order valence-corrected chi connectivity index (χ4v) is 1.87. The van der Waals surface area contributed by atoms with Crippen LogP contribution in [-0.4, -0.2) is 19.6 Å². The van der Waals surface area contributed by atoms with E-state index in [0.717, 1.165) is 12.8 Å². The lowest BCUT2D eigenvalue weighted by molar-refractivity contribution is -0.120. The van der Waals surface area contributed by atoms with Crippen molar-refractivity contribution >= 4 is 23.2 Å². The molecule has 1 aliphatic carbocycles. The smallest absolute Gasteiger partial charge is 0.231 e. The molecule has 4 nitrogen and oxygen atoms in total. The summed E-state index contributed by atoms with van der Waals surface area (Å²) in [6.45, 7) is 0.382. The molecule has 0 radical (unpaired) electrons. The molecule has 1 fully saturated rings. The molecule has 17 heavy (non-hydrogen) atoms. The van der Waals surface area contributed by atoms with Gasteiger partial charge in [0.05, 0.1) is 23.2 Å². The van der Waals surface area contributed by atoms with Gasteiger partial charge < -0.3 is 15.8 Å². The predicted molar refractivity (Wildman–Crippen MR) is 67.4 cm³/mol. The molecule has 0 aliphatic heterocycles. The van der Waals surface area contributed by atoms with Crippen LogP contribution in [0, 0.1) is 5.41 Å². The number of hydrogen-bond donors (Lipinski definition) is 2. The standard InChI is InChI=1S/C12H15ClN2O2/c1-17-8-2-3-10(9(13)6-8)15-11(16)12(7-14)4-5-12/h2-3,6H,4-5,7,14H2,1H3,(H,15,16). The average molecular weight is 255 g/mol. The third kappa shape index (κ3) is 2.37. The highest BCUT2D eigenvalue weighted by atomic mass is 35.5. The number of amides is 1. The second kappa shape index (κ2) is 4.55. The summed E-state index contributed by atoms with van der Waals surface area (Å²) in [6, 6.07) is 5.15. The topological polar surface area (TPSA) is 64.3 Å². The van der Waals surface area contributed by atoms with E-state index in [1.165, 1.54) is 0 Å². The van der Waals surface area contributed by atoms with Gasteiger partial charge in [-0.05, 0) is 25.0 Å². The molecule has 0 aromatic heterocycles. The average Bonchev–Trinajstić information content (AvgIpc) is 3.12. The maximum Gasteiger partial charge on any atom is 0.231 e. The van der Waals surface area contributed by atoms with Gasteiger partial charge in [0, 0.05) is 12.6 Å². The Hall–Kier alpha value is -1.26. The third-order valence-electron chi connectivity index (χ3n) is 3.15. The molecule has 1 aromatic rings. The van der Waals surface area contributed by atoms with Gasteiger partial charge in [-0.3, -0.25) is 4.79 Å². The number of carbonyl (C=O) groups is 1. The number of halogens is 1. The molecule has 1 aromatic carbocycles. The molecule has 2 rings (SSSR count). The molecule has 0 spiro atoms. The Morgan fingerprint density at radius 1 is 1.59 bits per heavy atom. The Labute approximate surface area is 105 Å². The van der Waals surface area contributed by atoms with E-state index < -0.39 is 0 Å². The first-order chi connectivity index (χ1) is 8.11. The van der Waals surface area contributed by atoms with E-state index >= 15 is 0 Å². The van der Waals surface area contributed by atoms with Crippen molar-refractivity contribution in [2.24, 2.45) is 11.1 Å². The number of methoxy groups -OCH3 is 1. The number of carbonyl (C=O) groups excluding carboxylic acids is 1. The molecule has 1 amide bonds. The van der Waals surface area contributed by atoms with Gasteiger partial charge in [0.1, 0.15) is 5.75 Å². The SMILES string of the molecule is COc1ccc(NC(=O)C2(CN)CC2)c(Cl)c1. The molecule has 0 saturated heterocycles. The highest BCUT2D eigenvalue weighted by Crippen LogP contribution is 2.45. The Balaban J connectivity index is 2.11. The monoisotopic (exact) mass is 254 g/mol. The van der Waals surface area contributed by atoms with Crippen molar-refractivity contribution in [1.29, 1.82) is 0 Å². The second-order valence-corrected chi connectivity index (χ2v) is 4.69. The van der Waals surface area contributed by atoms with E-state index in [4.69, 9.17) is 22.1 Å². The van der Waals surface area contributed by atoms with Gasteiger partial charge in [-0.2, -0.15) is 0 Å². The van der Waals surface area contributed by atoms with Crippen molar-refractivity contribution in [3.05, 3.63) is 23.2 Å². The molecule has 0 heterocycles. The summed E-state index contributed by atoms with van der Waals surface area (Å²) in [4.78, 5) is 12.0. The lowest BCUT2D eigenvalue weighted by Gasteiger charge is -2.14. The minimum Gasteiger partial charge on any atom is -0.497 e. The summed E-state index contributed by atoms with van der Waals surface area (Å²) in [5, 5.41) is 3.27. The van der Waals surface area contributed by atoms with Crippen LogP contribution in [0.5, 0.6) is 5.75 Å². The lowest BCUT2D eigenvalue weighted by Crippen LogP contribution is -2.30. The van der Waals surface area contributed by atoms with Gasteiger partial charge in [0.15, 0.2) is 0 Å². The second-order valence-electron chi connectivity index (χ2n) is 4.28. The predicted octanol–water partition coefficient (Wildman–Crippen LogP) is 2.03. The Morgan fingerprint density at radius 3 is 2.76 bits per heavy atom. The first-order valence-corrected chi connectivity index (χ1v) is 5.84. The van der Waals surface area contributed by atoms with Gasteiger partial charge in [0.2, 0.25) is 5.91 Å². The number of nitrogens with two attached hydrogens (primary N) is 1. The maximum atomic E-state index is 12.0. The molecule has 0 unspecified atom stereocenters. The largest absolute Gasteiger partial charge is 0.497 e. The van der Waals surface area contributed by atoms with Crippen molar-refractivity contribution in [2.45, 2.75) is 12.8 Å². The Kier molecular flexibility index (Phi) is 3.26. The molecule has 3 N–H and O–H groups in total. The van der Waals surface area contributed by atoms with Crippen LogP contribution in [0.1, 0.15) is 12.8 Å². The Bertz CT molecular complexity index is 444. The minimum atomic E-state index is -0.372. The van der Waals surface area contributed by atoms with Crippen LogP contribution >= 0.6 is 11.6 Å². The first-order valence-electron chi connectivity index (χ1n) is 5.46. The summed E-state index contributed by atoms with van der Waals surface area (Å²) in [5.41, 5.74) is 5.82. The number of nitrogens with one attached hydrogen (secondary N) is 1. The highest BCUT2D eigenvalue weighted by molar-refractivity contribution is 6.33. The summed E-state index contributed by atoms with van der Waals surface area (Å²) < 4.78 is 5.04. The fourth-order valence-electron chi connectivity index (χ4n) is 1.65. The van der Waals surface area contributed by atoms with Crippen LogP contribution < -0.4 is 15.8 Å². The number of benzene rings is 1. The molecule has 1 saturated carbocycles. The van der Waals surface area contributed by atoms with E-state index in [1.54, 1.807) is 25.3 Å². The van der Waals surface area contributed by atoms with Gasteiger partial charge >= 0.3 is 0 Å². The van der Waals surface area contributed by atoms with E-state index in [0.29, 0.717) is 23.0 Å². The van der Waals surface area contributed by atoms with Gasteiger partial charge in [-0.1, -0.05) is 11.6 Å². The summed E-state index contributed by atoms with van der Waals surface area (Å²) in [7, 11) is 1.57. The number of anilines is 1. The van der Waals surface area contributed by atoms with Crippen molar-refractivity contribution in [1.82, 2.24) is 0 Å². The Morgan fingerprint density at radius 2 is 2.29 bits per heavy atom. The number of ether oxygens (including phenoxy) is 1. The fraction of sp³-hybridized carbons (Fsp3) is 0.417. The first kappa shape index (κ1) is 12.2. The number of hydrogen-bond acceptors (Lipinski definition) is 3. The summed E-state index contributed by atoms with van der Waals surface area (Å²) in [5.74, 6) is 0.611. The van der Waals surface area contributed by atoms with E-state index in [2.05, 4.69) is 5.32 Å². The van der Waals surface area contributed by atoms with Gasteiger partial charge in [-0.15, -0.1) is 0 Å². The molecule has 1 aliphatic rings. The van der Waals surface area contributed by atoms with E-state index in [9.17, 15) is 4.79 Å². The molecule has 0 atom stereocenters. The van der Waals surface area contributed by atoms with Crippen molar-refractivity contribution in [3.8, 4) is 5.75 Å². The van der Waals surface area contributed by atoms with Crippen LogP contribution in [-0.2, 0) is 4.79 Å². The van der Waals surface area contributed by atoms with Crippen molar-refractivity contribution < 1.29 is 9.53 Å². The van der Waals surface area contributed by atoms with Gasteiger partial charge in [-0.25, -0.2) is 0 Å². The van der Waals surface area contributed by atoms with E-state index in [1.807, 2.05) is 0 Å². The third-order valence-corrected chi connectivity index (χ3v) is 3.46. The summed E-state index contributed by atoms with van der Waals surface area (Å²) in [6.07, 6.45) is 1.70. The minimum absolute atomic E-state index is 0.0490. The summed E-state index contributed by atoms with van der Waals surface area (Å²) >= 11 is 6.04. The molecule has 92 valence electrons. The van der Waals surface area contributed by atoms with Gasteiger partial charge in [0.25, 0.3) is 0 Å². The van der Waals surface area contributed by atoms with Crippen LogP contribution in [0.4, 0.5) is 5.69 Å². The zero-order valence-corrected chi connectivity index (χ0v) is 10.4. The zero-order chi connectivity index (χ0) is 12.5. The van der Waals surface area contributed by atoms with Crippen LogP contribution in [0.25, 0.3) is 0 Å². The van der Waals surface area contributed by atoms with E-state index in [-0.39, 0.29) is 11.3 Å². The van der Waals surface area contributed by atoms with Crippen LogP contribution in [0.2, 0.25) is 5.02 Å². The quantitative estimate of drug-likeness (QED) is 0.864. The highest BCUT2D eigenvalue weighted by Gasteiger charge is 2.48. The molecular weight excluding hydrogens is 240 g/mol. The maximum absolute atomic E-state index is 12.0.